The van der Waals surface area contributed by atoms with Crippen molar-refractivity contribution in [2.45, 2.75) is 25.3 Å². The van der Waals surface area contributed by atoms with Gasteiger partial charge in [0.1, 0.15) is 0 Å². The molecule has 0 spiro atoms. The van der Waals surface area contributed by atoms with Gasteiger partial charge >= 0.3 is 0 Å². The third-order valence-corrected chi connectivity index (χ3v) is 4.11. The zero-order valence-electron chi connectivity index (χ0n) is 11.2. The van der Waals surface area contributed by atoms with E-state index < -0.39 is 0 Å². The van der Waals surface area contributed by atoms with E-state index in [4.69, 9.17) is 27.9 Å². The van der Waals surface area contributed by atoms with Crippen LogP contribution >= 0.6 is 23.2 Å². The molecule has 1 heterocycles. The molecule has 20 heavy (non-hydrogen) atoms. The summed E-state index contributed by atoms with van der Waals surface area (Å²) in [6.45, 7) is 0.620. The molecule has 2 rings (SSSR count). The Morgan fingerprint density at radius 1 is 1.40 bits per heavy atom. The Labute approximate surface area is 128 Å². The molecule has 1 fully saturated rings. The lowest BCUT2D eigenvalue weighted by Crippen LogP contribution is -2.45. The largest absolute Gasteiger partial charge is 0.494 e. The number of ether oxygens (including phenoxy) is 1. The molecule has 6 heteroatoms. The number of hydrogen-bond acceptors (Lipinski definition) is 3. The summed E-state index contributed by atoms with van der Waals surface area (Å²) in [5, 5.41) is 10.00. The van der Waals surface area contributed by atoms with Crippen molar-refractivity contribution in [3.8, 4) is 5.75 Å². The first kappa shape index (κ1) is 15.4. The molecule has 110 valence electrons. The molecular weight excluding hydrogens is 301 g/mol. The maximum absolute atomic E-state index is 12.5. The summed E-state index contributed by atoms with van der Waals surface area (Å²) < 4.78 is 5.07. The van der Waals surface area contributed by atoms with Gasteiger partial charge in [-0.05, 0) is 31.4 Å². The molecule has 1 atom stereocenters. The molecule has 0 saturated carbocycles. The van der Waals surface area contributed by atoms with E-state index in [1.165, 1.54) is 7.11 Å². The number of piperidine rings is 1. The zero-order chi connectivity index (χ0) is 14.7. The second kappa shape index (κ2) is 6.66. The number of carbonyl (C=O) groups excluding carboxylic acids is 1. The van der Waals surface area contributed by atoms with E-state index in [1.54, 1.807) is 17.0 Å². The lowest BCUT2D eigenvalue weighted by atomic mass is 10.0. The molecule has 1 N–H and O–H groups in total. The van der Waals surface area contributed by atoms with Gasteiger partial charge in [0.2, 0.25) is 0 Å². The standard InChI is InChI=1S/C14H17Cl2NO3/c1-20-13-11(15)6-9(7-12(13)16)14(19)17-5-3-2-4-10(17)8-18/h6-7,10,18H,2-5,8H2,1H3. The number of halogens is 2. The third-order valence-electron chi connectivity index (χ3n) is 3.55. The first-order valence-electron chi connectivity index (χ1n) is 6.53. The fraction of sp³-hybridized carbons (Fsp3) is 0.500. The van der Waals surface area contributed by atoms with Gasteiger partial charge in [-0.2, -0.15) is 0 Å². The van der Waals surface area contributed by atoms with Gasteiger partial charge in [0, 0.05) is 12.1 Å². The van der Waals surface area contributed by atoms with Crippen LogP contribution in [0.1, 0.15) is 29.6 Å². The van der Waals surface area contributed by atoms with Crippen molar-refractivity contribution in [1.29, 1.82) is 0 Å². The van der Waals surface area contributed by atoms with E-state index in [1.807, 2.05) is 0 Å². The molecule has 1 aliphatic rings. The van der Waals surface area contributed by atoms with Gasteiger partial charge in [0.05, 0.1) is 29.8 Å². The van der Waals surface area contributed by atoms with Crippen LogP contribution in [0, 0.1) is 0 Å². The van der Waals surface area contributed by atoms with Crippen LogP contribution in [0.5, 0.6) is 5.75 Å². The lowest BCUT2D eigenvalue weighted by Gasteiger charge is -2.34. The Morgan fingerprint density at radius 2 is 2.05 bits per heavy atom. The molecule has 1 saturated heterocycles. The van der Waals surface area contributed by atoms with Crippen molar-refractivity contribution in [3.63, 3.8) is 0 Å². The van der Waals surface area contributed by atoms with Crippen LogP contribution in [0.4, 0.5) is 0 Å². The normalized spacial score (nSPS) is 19.0. The number of rotatable bonds is 3. The van der Waals surface area contributed by atoms with Crippen molar-refractivity contribution in [2.75, 3.05) is 20.3 Å². The van der Waals surface area contributed by atoms with Crippen LogP contribution < -0.4 is 4.74 Å². The Morgan fingerprint density at radius 3 is 2.60 bits per heavy atom. The van der Waals surface area contributed by atoms with Crippen LogP contribution in [0.2, 0.25) is 10.0 Å². The van der Waals surface area contributed by atoms with Gasteiger partial charge in [0.25, 0.3) is 5.91 Å². The van der Waals surface area contributed by atoms with E-state index >= 15 is 0 Å². The molecule has 0 aromatic heterocycles. The third kappa shape index (κ3) is 3.03. The number of benzene rings is 1. The summed E-state index contributed by atoms with van der Waals surface area (Å²) in [6, 6.07) is 2.98. The summed E-state index contributed by atoms with van der Waals surface area (Å²) in [6.07, 6.45) is 2.79. The second-order valence-corrected chi connectivity index (χ2v) is 5.62. The van der Waals surface area contributed by atoms with Gasteiger partial charge in [-0.3, -0.25) is 4.79 Å². The molecule has 1 aromatic rings. The minimum Gasteiger partial charge on any atom is -0.494 e. The maximum Gasteiger partial charge on any atom is 0.254 e. The van der Waals surface area contributed by atoms with E-state index in [0.29, 0.717) is 27.9 Å². The number of carbonyl (C=O) groups is 1. The first-order chi connectivity index (χ1) is 9.58. The number of hydrogen-bond donors (Lipinski definition) is 1. The predicted octanol–water partition coefficient (Wildman–Crippen LogP) is 2.99. The molecule has 0 radical (unpaired) electrons. The summed E-state index contributed by atoms with van der Waals surface area (Å²) in [5.74, 6) is 0.206. The molecule has 0 bridgehead atoms. The van der Waals surface area contributed by atoms with Crippen LogP contribution in [0.3, 0.4) is 0 Å². The molecule has 1 unspecified atom stereocenters. The number of aliphatic hydroxyl groups excluding tert-OH is 1. The van der Waals surface area contributed by atoms with E-state index in [0.717, 1.165) is 19.3 Å². The topological polar surface area (TPSA) is 49.8 Å². The highest BCUT2D eigenvalue weighted by Crippen LogP contribution is 2.34. The minimum absolute atomic E-state index is 0.0244. The highest BCUT2D eigenvalue weighted by molar-refractivity contribution is 6.37. The lowest BCUT2D eigenvalue weighted by molar-refractivity contribution is 0.0503. The summed E-state index contributed by atoms with van der Waals surface area (Å²) in [5.41, 5.74) is 0.418. The second-order valence-electron chi connectivity index (χ2n) is 4.80. The highest BCUT2D eigenvalue weighted by Gasteiger charge is 2.27. The molecule has 1 aliphatic heterocycles. The summed E-state index contributed by atoms with van der Waals surface area (Å²) >= 11 is 12.1. The van der Waals surface area contributed by atoms with Gasteiger partial charge in [0.15, 0.2) is 5.75 Å². The number of amides is 1. The van der Waals surface area contributed by atoms with Gasteiger partial charge in [-0.1, -0.05) is 23.2 Å². The van der Waals surface area contributed by atoms with Crippen molar-refractivity contribution < 1.29 is 14.6 Å². The Hall–Kier alpha value is -0.970. The summed E-state index contributed by atoms with van der Waals surface area (Å²) in [4.78, 5) is 14.2. The van der Waals surface area contributed by atoms with Crippen molar-refractivity contribution in [1.82, 2.24) is 4.90 Å². The van der Waals surface area contributed by atoms with Crippen LogP contribution in [-0.4, -0.2) is 42.2 Å². The Bertz CT molecular complexity index is 484. The monoisotopic (exact) mass is 317 g/mol. The molecule has 1 aromatic carbocycles. The Kier molecular flexibility index (Phi) is 5.13. The molecule has 4 nitrogen and oxygen atoms in total. The predicted molar refractivity (Wildman–Crippen MR) is 78.8 cm³/mol. The van der Waals surface area contributed by atoms with Crippen molar-refractivity contribution in [2.24, 2.45) is 0 Å². The van der Waals surface area contributed by atoms with E-state index in [-0.39, 0.29) is 18.6 Å². The zero-order valence-corrected chi connectivity index (χ0v) is 12.7. The average molecular weight is 318 g/mol. The number of methoxy groups -OCH3 is 1. The van der Waals surface area contributed by atoms with Crippen molar-refractivity contribution in [3.05, 3.63) is 27.7 Å². The number of nitrogens with zero attached hydrogens (tertiary/aromatic N) is 1. The van der Waals surface area contributed by atoms with Crippen LogP contribution in [-0.2, 0) is 0 Å². The van der Waals surface area contributed by atoms with Crippen LogP contribution in [0.25, 0.3) is 0 Å². The minimum atomic E-state index is -0.157. The Balaban J connectivity index is 2.28. The van der Waals surface area contributed by atoms with E-state index in [2.05, 4.69) is 0 Å². The smallest absolute Gasteiger partial charge is 0.254 e. The quantitative estimate of drug-likeness (QED) is 0.932. The van der Waals surface area contributed by atoms with Gasteiger partial charge in [-0.25, -0.2) is 0 Å². The van der Waals surface area contributed by atoms with Crippen LogP contribution in [0.15, 0.2) is 12.1 Å². The average Bonchev–Trinajstić information content (AvgIpc) is 2.46. The summed E-state index contributed by atoms with van der Waals surface area (Å²) in [7, 11) is 1.47. The highest BCUT2D eigenvalue weighted by atomic mass is 35.5. The SMILES string of the molecule is COc1c(Cl)cc(C(=O)N2CCCCC2CO)cc1Cl. The number of likely N-dealkylation sites (tertiary alicyclic amines) is 1. The fourth-order valence-corrected chi connectivity index (χ4v) is 3.14. The molecule has 1 amide bonds. The number of aliphatic hydroxyl groups is 1. The first-order valence-corrected chi connectivity index (χ1v) is 7.29. The van der Waals surface area contributed by atoms with Crippen molar-refractivity contribution >= 4 is 29.1 Å². The van der Waals surface area contributed by atoms with Gasteiger partial charge < -0.3 is 14.7 Å². The van der Waals surface area contributed by atoms with E-state index in [9.17, 15) is 9.90 Å². The fourth-order valence-electron chi connectivity index (χ4n) is 2.50. The molecular formula is C14H17Cl2NO3. The maximum atomic E-state index is 12.5. The molecule has 0 aliphatic carbocycles. The van der Waals surface area contributed by atoms with Gasteiger partial charge in [-0.15, -0.1) is 0 Å².